The summed E-state index contributed by atoms with van der Waals surface area (Å²) >= 11 is 0. The number of amidine groups is 1. The van der Waals surface area contributed by atoms with E-state index in [-0.39, 0.29) is 6.10 Å². The SMILES string of the molecule is CCCCCCCCC=CCCCCCCCCC(O)C1=NCCN1. The minimum absolute atomic E-state index is 0.362. The van der Waals surface area contributed by atoms with Crippen LogP contribution in [0.15, 0.2) is 17.1 Å². The molecule has 0 saturated heterocycles. The molecule has 0 aliphatic carbocycles. The van der Waals surface area contributed by atoms with Crippen molar-refractivity contribution in [3.63, 3.8) is 0 Å². The molecule has 1 aliphatic heterocycles. The lowest BCUT2D eigenvalue weighted by Crippen LogP contribution is -2.31. The van der Waals surface area contributed by atoms with Crippen LogP contribution in [0.5, 0.6) is 0 Å². The van der Waals surface area contributed by atoms with Crippen LogP contribution >= 0.6 is 0 Å². The van der Waals surface area contributed by atoms with E-state index < -0.39 is 0 Å². The number of aliphatic hydroxyl groups is 1. The van der Waals surface area contributed by atoms with Crippen LogP contribution in [0.2, 0.25) is 0 Å². The standard InChI is InChI=1S/C22H42N2O/c1-2-3-4-5-6-7-8-9-10-11-12-13-14-15-16-17-18-21(25)22-23-19-20-24-22/h9-10,21,25H,2-8,11-20H2,1H3,(H,23,24). The van der Waals surface area contributed by atoms with E-state index in [9.17, 15) is 5.11 Å². The lowest BCUT2D eigenvalue weighted by Gasteiger charge is -2.10. The van der Waals surface area contributed by atoms with Crippen molar-refractivity contribution in [2.45, 2.75) is 109 Å². The van der Waals surface area contributed by atoms with Gasteiger partial charge < -0.3 is 10.4 Å². The van der Waals surface area contributed by atoms with Gasteiger partial charge in [0.25, 0.3) is 0 Å². The Morgan fingerprint density at radius 2 is 1.44 bits per heavy atom. The van der Waals surface area contributed by atoms with Crippen LogP contribution in [0.3, 0.4) is 0 Å². The second-order valence-electron chi connectivity index (χ2n) is 7.44. The average molecular weight is 351 g/mol. The van der Waals surface area contributed by atoms with Gasteiger partial charge in [0.1, 0.15) is 11.9 Å². The van der Waals surface area contributed by atoms with Gasteiger partial charge in [-0.1, -0.05) is 83.3 Å². The van der Waals surface area contributed by atoms with E-state index in [1.165, 1.54) is 83.5 Å². The quantitative estimate of drug-likeness (QED) is 0.258. The van der Waals surface area contributed by atoms with Gasteiger partial charge in [0.05, 0.1) is 6.54 Å². The van der Waals surface area contributed by atoms with Gasteiger partial charge in [-0.15, -0.1) is 0 Å². The molecule has 146 valence electrons. The van der Waals surface area contributed by atoms with Crippen LogP contribution < -0.4 is 5.32 Å². The molecule has 0 amide bonds. The summed E-state index contributed by atoms with van der Waals surface area (Å²) in [5.41, 5.74) is 0. The lowest BCUT2D eigenvalue weighted by molar-refractivity contribution is 0.223. The fourth-order valence-corrected chi connectivity index (χ4v) is 3.36. The fraction of sp³-hybridized carbons (Fsp3) is 0.864. The highest BCUT2D eigenvalue weighted by molar-refractivity contribution is 5.87. The zero-order valence-electron chi connectivity index (χ0n) is 16.6. The highest BCUT2D eigenvalue weighted by Crippen LogP contribution is 2.12. The van der Waals surface area contributed by atoms with Crippen molar-refractivity contribution < 1.29 is 5.11 Å². The van der Waals surface area contributed by atoms with Gasteiger partial charge in [-0.2, -0.15) is 0 Å². The number of aliphatic hydroxyl groups excluding tert-OH is 1. The lowest BCUT2D eigenvalue weighted by atomic mass is 10.1. The summed E-state index contributed by atoms with van der Waals surface area (Å²) in [6, 6.07) is 0. The Balaban J connectivity index is 1.76. The van der Waals surface area contributed by atoms with Crippen LogP contribution in [0.25, 0.3) is 0 Å². The molecule has 0 aromatic rings. The Bertz CT molecular complexity index is 352. The summed E-state index contributed by atoms with van der Waals surface area (Å²) in [6.07, 6.45) is 23.8. The van der Waals surface area contributed by atoms with E-state index >= 15 is 0 Å². The van der Waals surface area contributed by atoms with Gasteiger partial charge in [-0.05, 0) is 32.1 Å². The maximum Gasteiger partial charge on any atom is 0.126 e. The molecule has 1 atom stereocenters. The molecule has 0 radical (unpaired) electrons. The summed E-state index contributed by atoms with van der Waals surface area (Å²) in [5.74, 6) is 0.813. The molecule has 0 saturated carbocycles. The molecule has 2 N–H and O–H groups in total. The van der Waals surface area contributed by atoms with Crippen molar-refractivity contribution in [3.05, 3.63) is 12.2 Å². The summed E-state index contributed by atoms with van der Waals surface area (Å²) in [5, 5.41) is 13.1. The Kier molecular flexibility index (Phi) is 14.8. The van der Waals surface area contributed by atoms with Gasteiger partial charge in [0.2, 0.25) is 0 Å². The number of nitrogens with zero attached hydrogens (tertiary/aromatic N) is 1. The molecule has 3 nitrogen and oxygen atoms in total. The average Bonchev–Trinajstić information content (AvgIpc) is 3.16. The van der Waals surface area contributed by atoms with E-state index in [2.05, 4.69) is 29.4 Å². The van der Waals surface area contributed by atoms with Crippen molar-refractivity contribution in [1.82, 2.24) is 5.32 Å². The maximum absolute atomic E-state index is 9.96. The number of unbranched alkanes of at least 4 members (excludes halogenated alkanes) is 12. The van der Waals surface area contributed by atoms with E-state index in [0.29, 0.717) is 0 Å². The van der Waals surface area contributed by atoms with Crippen molar-refractivity contribution in [1.29, 1.82) is 0 Å². The third-order valence-electron chi connectivity index (χ3n) is 5.01. The molecule has 0 aromatic carbocycles. The van der Waals surface area contributed by atoms with Crippen molar-refractivity contribution in [2.24, 2.45) is 4.99 Å². The number of hydrogen-bond acceptors (Lipinski definition) is 3. The van der Waals surface area contributed by atoms with Crippen molar-refractivity contribution in [2.75, 3.05) is 13.1 Å². The molecule has 25 heavy (non-hydrogen) atoms. The zero-order chi connectivity index (χ0) is 18.0. The molecule has 1 aliphatic rings. The third kappa shape index (κ3) is 13.1. The van der Waals surface area contributed by atoms with Gasteiger partial charge in [0, 0.05) is 6.54 Å². The monoisotopic (exact) mass is 350 g/mol. The summed E-state index contributed by atoms with van der Waals surface area (Å²) in [4.78, 5) is 4.28. The molecule has 0 aromatic heterocycles. The largest absolute Gasteiger partial charge is 0.385 e. The van der Waals surface area contributed by atoms with Crippen LogP contribution in [0.1, 0.15) is 103 Å². The van der Waals surface area contributed by atoms with Crippen molar-refractivity contribution in [3.8, 4) is 0 Å². The van der Waals surface area contributed by atoms with Crippen LogP contribution in [-0.2, 0) is 0 Å². The fourth-order valence-electron chi connectivity index (χ4n) is 3.36. The molecule has 0 fully saturated rings. The molecule has 1 heterocycles. The van der Waals surface area contributed by atoms with E-state index in [1.54, 1.807) is 0 Å². The van der Waals surface area contributed by atoms with Gasteiger partial charge in [-0.3, -0.25) is 4.99 Å². The summed E-state index contributed by atoms with van der Waals surface area (Å²) in [6.45, 7) is 3.98. The van der Waals surface area contributed by atoms with E-state index in [0.717, 1.165) is 31.8 Å². The Morgan fingerprint density at radius 1 is 0.880 bits per heavy atom. The van der Waals surface area contributed by atoms with Gasteiger partial charge >= 0.3 is 0 Å². The first-order valence-electron chi connectivity index (χ1n) is 11.0. The number of hydrogen-bond donors (Lipinski definition) is 2. The van der Waals surface area contributed by atoms with Crippen LogP contribution in [0.4, 0.5) is 0 Å². The first kappa shape index (κ1) is 22.2. The second kappa shape index (κ2) is 16.6. The smallest absolute Gasteiger partial charge is 0.126 e. The van der Waals surface area contributed by atoms with Gasteiger partial charge in [-0.25, -0.2) is 0 Å². The molecular formula is C22H42N2O. The zero-order valence-corrected chi connectivity index (χ0v) is 16.6. The number of aliphatic imine (C=N–C) groups is 1. The normalized spacial score (nSPS) is 15.5. The minimum atomic E-state index is -0.362. The predicted octanol–water partition coefficient (Wildman–Crippen LogP) is 5.78. The van der Waals surface area contributed by atoms with Crippen molar-refractivity contribution >= 4 is 5.84 Å². The molecule has 0 spiro atoms. The first-order chi connectivity index (χ1) is 12.3. The van der Waals surface area contributed by atoms with Crippen LogP contribution in [0, 0.1) is 0 Å². The minimum Gasteiger partial charge on any atom is -0.385 e. The highest BCUT2D eigenvalue weighted by Gasteiger charge is 2.14. The topological polar surface area (TPSA) is 44.6 Å². The maximum atomic E-state index is 9.96. The predicted molar refractivity (Wildman–Crippen MR) is 110 cm³/mol. The summed E-state index contributed by atoms with van der Waals surface area (Å²) < 4.78 is 0. The van der Waals surface area contributed by atoms with E-state index in [4.69, 9.17) is 0 Å². The Hall–Kier alpha value is -0.830. The third-order valence-corrected chi connectivity index (χ3v) is 5.01. The molecule has 1 rings (SSSR count). The molecule has 3 heteroatoms. The second-order valence-corrected chi connectivity index (χ2v) is 7.44. The molecule has 1 unspecified atom stereocenters. The summed E-state index contributed by atoms with van der Waals surface area (Å²) in [7, 11) is 0. The Labute approximate surface area is 156 Å². The molecular weight excluding hydrogens is 308 g/mol. The van der Waals surface area contributed by atoms with E-state index in [1.807, 2.05) is 0 Å². The van der Waals surface area contributed by atoms with Gasteiger partial charge in [0.15, 0.2) is 0 Å². The Morgan fingerprint density at radius 3 is 2.00 bits per heavy atom. The molecule has 0 bridgehead atoms. The number of nitrogens with one attached hydrogen (secondary N) is 1. The highest BCUT2D eigenvalue weighted by atomic mass is 16.3. The van der Waals surface area contributed by atoms with Crippen LogP contribution in [-0.4, -0.2) is 30.1 Å². The number of rotatable bonds is 17. The first-order valence-corrected chi connectivity index (χ1v) is 11.0. The number of allylic oxidation sites excluding steroid dienone is 2.